The lowest BCUT2D eigenvalue weighted by molar-refractivity contribution is -0.163. The first-order chi connectivity index (χ1) is 11.8. The summed E-state index contributed by atoms with van der Waals surface area (Å²) in [6.07, 6.45) is 2.45. The Hall–Kier alpha value is -1.89. The quantitative estimate of drug-likeness (QED) is 0.813. The SMILES string of the molecule is CC(C)Cc1cc(C(=O)N2CC[C@H](O)[C@](CC3CC3)(C(=O)O)C2)no1. The number of carbonyl (C=O) groups is 2. The second kappa shape index (κ2) is 6.78. The minimum Gasteiger partial charge on any atom is -0.481 e. The highest BCUT2D eigenvalue weighted by Crippen LogP contribution is 2.45. The predicted molar refractivity (Wildman–Crippen MR) is 89.0 cm³/mol. The molecule has 3 rings (SSSR count). The number of nitrogens with zero attached hydrogens (tertiary/aromatic N) is 2. The van der Waals surface area contributed by atoms with Crippen LogP contribution in [-0.4, -0.2) is 51.3 Å². The standard InChI is InChI=1S/C18H26N2O5/c1-11(2)7-13-8-14(19-25-13)16(22)20-6-5-15(21)18(10-20,17(23)24)9-12-3-4-12/h8,11-12,15,21H,3-7,9-10H2,1-2H3,(H,23,24)/t15-,18+/m0/s1. The fourth-order valence-electron chi connectivity index (χ4n) is 3.66. The molecule has 2 N–H and O–H groups in total. The van der Waals surface area contributed by atoms with E-state index < -0.39 is 17.5 Å². The molecule has 1 saturated carbocycles. The van der Waals surface area contributed by atoms with Gasteiger partial charge in [-0.3, -0.25) is 9.59 Å². The van der Waals surface area contributed by atoms with Crippen LogP contribution in [0.15, 0.2) is 10.6 Å². The smallest absolute Gasteiger partial charge is 0.314 e. The van der Waals surface area contributed by atoms with Gasteiger partial charge in [-0.1, -0.05) is 31.8 Å². The molecule has 0 unspecified atom stereocenters. The third-order valence-corrected chi connectivity index (χ3v) is 5.23. The van der Waals surface area contributed by atoms with Gasteiger partial charge in [0.05, 0.1) is 6.10 Å². The topological polar surface area (TPSA) is 104 Å². The number of amides is 1. The van der Waals surface area contributed by atoms with Crippen LogP contribution in [0.2, 0.25) is 0 Å². The molecule has 2 aliphatic rings. The third-order valence-electron chi connectivity index (χ3n) is 5.23. The van der Waals surface area contributed by atoms with Gasteiger partial charge in [-0.05, 0) is 24.7 Å². The zero-order valence-electron chi connectivity index (χ0n) is 14.8. The van der Waals surface area contributed by atoms with Gasteiger partial charge in [-0.15, -0.1) is 0 Å². The molecular weight excluding hydrogens is 324 g/mol. The van der Waals surface area contributed by atoms with E-state index in [4.69, 9.17) is 4.52 Å². The molecule has 1 aromatic heterocycles. The monoisotopic (exact) mass is 350 g/mol. The first-order valence-electron chi connectivity index (χ1n) is 8.98. The second-order valence-electron chi connectivity index (χ2n) is 7.92. The van der Waals surface area contributed by atoms with E-state index in [-0.39, 0.29) is 24.6 Å². The minimum absolute atomic E-state index is 0.0191. The van der Waals surface area contributed by atoms with Crippen LogP contribution in [0, 0.1) is 17.3 Å². The lowest BCUT2D eigenvalue weighted by Crippen LogP contribution is -2.57. The molecule has 0 bridgehead atoms. The van der Waals surface area contributed by atoms with Gasteiger partial charge < -0.3 is 19.6 Å². The van der Waals surface area contributed by atoms with Gasteiger partial charge >= 0.3 is 5.97 Å². The zero-order valence-corrected chi connectivity index (χ0v) is 14.8. The molecule has 2 fully saturated rings. The van der Waals surface area contributed by atoms with E-state index in [1.165, 1.54) is 4.90 Å². The molecule has 2 heterocycles. The number of rotatable bonds is 6. The molecule has 1 aromatic rings. The van der Waals surface area contributed by atoms with Crippen LogP contribution >= 0.6 is 0 Å². The van der Waals surface area contributed by atoms with E-state index in [0.717, 1.165) is 12.8 Å². The van der Waals surface area contributed by atoms with Crippen molar-refractivity contribution in [3.8, 4) is 0 Å². The van der Waals surface area contributed by atoms with Crippen molar-refractivity contribution in [3.05, 3.63) is 17.5 Å². The summed E-state index contributed by atoms with van der Waals surface area (Å²) in [6.45, 7) is 4.45. The molecule has 138 valence electrons. The summed E-state index contributed by atoms with van der Waals surface area (Å²) in [7, 11) is 0. The van der Waals surface area contributed by atoms with Gasteiger partial charge in [0.15, 0.2) is 5.69 Å². The lowest BCUT2D eigenvalue weighted by atomic mass is 9.73. The number of carbonyl (C=O) groups excluding carboxylic acids is 1. The molecule has 25 heavy (non-hydrogen) atoms. The van der Waals surface area contributed by atoms with Crippen molar-refractivity contribution in [1.29, 1.82) is 0 Å². The molecule has 7 nitrogen and oxygen atoms in total. The number of aliphatic hydroxyl groups excluding tert-OH is 1. The Labute approximate surface area is 147 Å². The fraction of sp³-hybridized carbons (Fsp3) is 0.722. The number of likely N-dealkylation sites (tertiary alicyclic amines) is 1. The summed E-state index contributed by atoms with van der Waals surface area (Å²) in [5.41, 5.74) is -1.07. The van der Waals surface area contributed by atoms with Gasteiger partial charge in [-0.2, -0.15) is 0 Å². The molecule has 1 aliphatic heterocycles. The average Bonchev–Trinajstić information content (AvgIpc) is 3.24. The molecule has 0 spiro atoms. The highest BCUT2D eigenvalue weighted by atomic mass is 16.5. The zero-order chi connectivity index (χ0) is 18.2. The van der Waals surface area contributed by atoms with Crippen molar-refractivity contribution in [1.82, 2.24) is 10.1 Å². The Bertz CT molecular complexity index is 652. The molecule has 2 atom stereocenters. The molecular formula is C18H26N2O5. The number of aliphatic carboxylic acids is 1. The van der Waals surface area contributed by atoms with E-state index >= 15 is 0 Å². The van der Waals surface area contributed by atoms with Crippen LogP contribution in [0.5, 0.6) is 0 Å². The molecule has 0 radical (unpaired) electrons. The Kier molecular flexibility index (Phi) is 4.86. The van der Waals surface area contributed by atoms with Gasteiger partial charge in [0, 0.05) is 25.6 Å². The average molecular weight is 350 g/mol. The van der Waals surface area contributed by atoms with Crippen LogP contribution in [0.1, 0.15) is 55.8 Å². The maximum absolute atomic E-state index is 12.7. The fourth-order valence-corrected chi connectivity index (χ4v) is 3.66. The van der Waals surface area contributed by atoms with Crippen molar-refractivity contribution in [2.75, 3.05) is 13.1 Å². The second-order valence-corrected chi connectivity index (χ2v) is 7.92. The largest absolute Gasteiger partial charge is 0.481 e. The van der Waals surface area contributed by atoms with Crippen LogP contribution in [-0.2, 0) is 11.2 Å². The predicted octanol–water partition coefficient (Wildman–Crippen LogP) is 1.95. The number of hydrogen-bond acceptors (Lipinski definition) is 5. The van der Waals surface area contributed by atoms with Crippen molar-refractivity contribution >= 4 is 11.9 Å². The van der Waals surface area contributed by atoms with Crippen LogP contribution in [0.4, 0.5) is 0 Å². The highest BCUT2D eigenvalue weighted by molar-refractivity contribution is 5.93. The van der Waals surface area contributed by atoms with Crippen LogP contribution < -0.4 is 0 Å². The summed E-state index contributed by atoms with van der Waals surface area (Å²) >= 11 is 0. The van der Waals surface area contributed by atoms with Gasteiger partial charge in [0.1, 0.15) is 11.2 Å². The molecule has 7 heteroatoms. The van der Waals surface area contributed by atoms with Crippen molar-refractivity contribution in [3.63, 3.8) is 0 Å². The summed E-state index contributed by atoms with van der Waals surface area (Å²) in [5, 5.41) is 24.0. The highest BCUT2D eigenvalue weighted by Gasteiger charge is 2.52. The van der Waals surface area contributed by atoms with E-state index in [0.29, 0.717) is 37.0 Å². The van der Waals surface area contributed by atoms with E-state index in [9.17, 15) is 19.8 Å². The minimum atomic E-state index is -1.28. The van der Waals surface area contributed by atoms with Gasteiger partial charge in [0.2, 0.25) is 0 Å². The first-order valence-corrected chi connectivity index (χ1v) is 8.98. The number of aliphatic hydroxyl groups is 1. The van der Waals surface area contributed by atoms with E-state index in [1.807, 2.05) is 0 Å². The maximum atomic E-state index is 12.7. The van der Waals surface area contributed by atoms with Crippen molar-refractivity contribution < 1.29 is 24.3 Å². The first kappa shape index (κ1) is 17.9. The summed E-state index contributed by atoms with van der Waals surface area (Å²) in [6, 6.07) is 1.64. The normalized spacial score (nSPS) is 26.9. The lowest BCUT2D eigenvalue weighted by Gasteiger charge is -2.43. The third kappa shape index (κ3) is 3.71. The number of hydrogen-bond donors (Lipinski definition) is 2. The van der Waals surface area contributed by atoms with E-state index in [1.54, 1.807) is 6.07 Å². The molecule has 1 saturated heterocycles. The Morgan fingerprint density at radius 1 is 1.40 bits per heavy atom. The molecule has 1 aliphatic carbocycles. The summed E-state index contributed by atoms with van der Waals surface area (Å²) in [4.78, 5) is 26.2. The van der Waals surface area contributed by atoms with Crippen LogP contribution in [0.3, 0.4) is 0 Å². The van der Waals surface area contributed by atoms with Crippen molar-refractivity contribution in [2.24, 2.45) is 17.3 Å². The van der Waals surface area contributed by atoms with Crippen molar-refractivity contribution in [2.45, 2.75) is 52.1 Å². The molecule has 0 aromatic carbocycles. The van der Waals surface area contributed by atoms with Gasteiger partial charge in [-0.25, -0.2) is 0 Å². The molecule has 1 amide bonds. The Morgan fingerprint density at radius 2 is 2.12 bits per heavy atom. The van der Waals surface area contributed by atoms with Gasteiger partial charge in [0.25, 0.3) is 5.91 Å². The number of carboxylic acids is 1. The summed E-state index contributed by atoms with van der Waals surface area (Å²) < 4.78 is 5.22. The Morgan fingerprint density at radius 3 is 2.72 bits per heavy atom. The number of carboxylic acid groups (broad SMARTS) is 1. The van der Waals surface area contributed by atoms with E-state index in [2.05, 4.69) is 19.0 Å². The van der Waals surface area contributed by atoms with Crippen LogP contribution in [0.25, 0.3) is 0 Å². The maximum Gasteiger partial charge on any atom is 0.314 e. The number of aromatic nitrogens is 1. The summed E-state index contributed by atoms with van der Waals surface area (Å²) in [5.74, 6) is 0.0275. The number of piperidine rings is 1. The Balaban J connectivity index is 1.76.